The Kier molecular flexibility index (Phi) is 3.43. The molecule has 1 aromatic carbocycles. The Labute approximate surface area is 115 Å². The summed E-state index contributed by atoms with van der Waals surface area (Å²) in [7, 11) is 0. The Morgan fingerprint density at radius 1 is 1.33 bits per heavy atom. The lowest BCUT2D eigenvalue weighted by Crippen LogP contribution is -2.26. The van der Waals surface area contributed by atoms with Gasteiger partial charge in [0.25, 0.3) is 0 Å². The van der Waals surface area contributed by atoms with Crippen molar-refractivity contribution in [2.75, 3.05) is 6.54 Å². The molecule has 0 radical (unpaired) electrons. The lowest BCUT2D eigenvalue weighted by Gasteiger charge is -2.24. The van der Waals surface area contributed by atoms with Crippen LogP contribution in [0.15, 0.2) is 35.3 Å². The van der Waals surface area contributed by atoms with Crippen LogP contribution < -0.4 is 5.32 Å². The van der Waals surface area contributed by atoms with Crippen molar-refractivity contribution >= 4 is 15.9 Å². The van der Waals surface area contributed by atoms with Crippen LogP contribution in [0, 0.1) is 0 Å². The van der Waals surface area contributed by atoms with Gasteiger partial charge < -0.3 is 5.32 Å². The van der Waals surface area contributed by atoms with Crippen LogP contribution in [-0.4, -0.2) is 21.3 Å². The SMILES string of the molecule is Brc1cc(C2CCCCN2)ccc1-n1cncn1. The Morgan fingerprint density at radius 3 is 2.94 bits per heavy atom. The predicted octanol–water partition coefficient (Wildman–Crippen LogP) is 2.84. The molecule has 1 atom stereocenters. The summed E-state index contributed by atoms with van der Waals surface area (Å²) < 4.78 is 2.82. The van der Waals surface area contributed by atoms with Gasteiger partial charge in [-0.1, -0.05) is 12.5 Å². The van der Waals surface area contributed by atoms with E-state index in [1.807, 2.05) is 0 Å². The maximum atomic E-state index is 4.15. The van der Waals surface area contributed by atoms with E-state index in [2.05, 4.69) is 49.5 Å². The number of nitrogens with zero attached hydrogens (tertiary/aromatic N) is 3. The summed E-state index contributed by atoms with van der Waals surface area (Å²) in [6.45, 7) is 1.12. The molecular weight excluding hydrogens is 292 g/mol. The molecule has 18 heavy (non-hydrogen) atoms. The fourth-order valence-electron chi connectivity index (χ4n) is 2.39. The zero-order valence-electron chi connectivity index (χ0n) is 10.0. The maximum absolute atomic E-state index is 4.15. The number of hydrogen-bond acceptors (Lipinski definition) is 3. The van der Waals surface area contributed by atoms with E-state index < -0.39 is 0 Å². The molecule has 1 saturated heterocycles. The van der Waals surface area contributed by atoms with Crippen molar-refractivity contribution in [2.45, 2.75) is 25.3 Å². The molecule has 0 saturated carbocycles. The Hall–Kier alpha value is -1.20. The van der Waals surface area contributed by atoms with Gasteiger partial charge in [0, 0.05) is 10.5 Å². The van der Waals surface area contributed by atoms with E-state index in [1.54, 1.807) is 17.3 Å². The first kappa shape index (κ1) is 11.9. The first-order valence-corrected chi connectivity index (χ1v) is 7.02. The van der Waals surface area contributed by atoms with Gasteiger partial charge in [0.2, 0.25) is 0 Å². The second-order valence-electron chi connectivity index (χ2n) is 4.55. The van der Waals surface area contributed by atoms with E-state index >= 15 is 0 Å². The average Bonchev–Trinajstić information content (AvgIpc) is 2.93. The van der Waals surface area contributed by atoms with Crippen molar-refractivity contribution in [2.24, 2.45) is 0 Å². The van der Waals surface area contributed by atoms with Crippen molar-refractivity contribution < 1.29 is 0 Å². The number of rotatable bonds is 2. The van der Waals surface area contributed by atoms with Gasteiger partial charge in [0.05, 0.1) is 5.69 Å². The molecule has 0 aliphatic carbocycles. The molecule has 5 heteroatoms. The highest BCUT2D eigenvalue weighted by atomic mass is 79.9. The lowest BCUT2D eigenvalue weighted by molar-refractivity contribution is 0.412. The molecule has 1 aromatic heterocycles. The van der Waals surface area contributed by atoms with Crippen LogP contribution in [-0.2, 0) is 0 Å². The molecule has 0 amide bonds. The summed E-state index contributed by atoms with van der Waals surface area (Å²) in [5.74, 6) is 0. The van der Waals surface area contributed by atoms with Crippen molar-refractivity contribution in [3.63, 3.8) is 0 Å². The quantitative estimate of drug-likeness (QED) is 0.928. The van der Waals surface area contributed by atoms with Crippen molar-refractivity contribution in [3.05, 3.63) is 40.9 Å². The zero-order chi connectivity index (χ0) is 12.4. The summed E-state index contributed by atoms with van der Waals surface area (Å²) >= 11 is 3.62. The highest BCUT2D eigenvalue weighted by Crippen LogP contribution is 2.28. The lowest BCUT2D eigenvalue weighted by atomic mass is 9.97. The summed E-state index contributed by atoms with van der Waals surface area (Å²) in [6.07, 6.45) is 7.06. The number of benzene rings is 1. The number of nitrogens with one attached hydrogen (secondary N) is 1. The Balaban J connectivity index is 1.89. The molecular formula is C13H15BrN4. The van der Waals surface area contributed by atoms with E-state index in [1.165, 1.54) is 24.8 Å². The molecule has 1 fully saturated rings. The molecule has 3 rings (SSSR count). The van der Waals surface area contributed by atoms with Crippen LogP contribution in [0.3, 0.4) is 0 Å². The van der Waals surface area contributed by atoms with Crippen molar-refractivity contribution in [1.82, 2.24) is 20.1 Å². The molecule has 1 N–H and O–H groups in total. The van der Waals surface area contributed by atoms with Crippen LogP contribution in [0.5, 0.6) is 0 Å². The third-order valence-corrected chi connectivity index (χ3v) is 3.99. The smallest absolute Gasteiger partial charge is 0.138 e. The van der Waals surface area contributed by atoms with Gasteiger partial charge in [0.1, 0.15) is 12.7 Å². The second kappa shape index (κ2) is 5.20. The third kappa shape index (κ3) is 2.33. The average molecular weight is 307 g/mol. The fourth-order valence-corrected chi connectivity index (χ4v) is 2.97. The standard InChI is InChI=1S/C13H15BrN4/c14-11-7-10(12-3-1-2-6-16-12)4-5-13(11)18-9-15-8-17-18/h4-5,7-9,12,16H,1-3,6H2. The van der Waals surface area contributed by atoms with E-state index in [0.29, 0.717) is 6.04 Å². The van der Waals surface area contributed by atoms with Crippen molar-refractivity contribution in [1.29, 1.82) is 0 Å². The highest BCUT2D eigenvalue weighted by molar-refractivity contribution is 9.10. The maximum Gasteiger partial charge on any atom is 0.138 e. The van der Waals surface area contributed by atoms with Crippen LogP contribution in [0.4, 0.5) is 0 Å². The van der Waals surface area contributed by atoms with Crippen LogP contribution in [0.25, 0.3) is 5.69 Å². The molecule has 2 heterocycles. The second-order valence-corrected chi connectivity index (χ2v) is 5.41. The topological polar surface area (TPSA) is 42.7 Å². The van der Waals surface area contributed by atoms with E-state index in [0.717, 1.165) is 16.7 Å². The minimum atomic E-state index is 0.486. The third-order valence-electron chi connectivity index (χ3n) is 3.35. The zero-order valence-corrected chi connectivity index (χ0v) is 11.6. The van der Waals surface area contributed by atoms with Gasteiger partial charge in [0.15, 0.2) is 0 Å². The van der Waals surface area contributed by atoms with Crippen LogP contribution >= 0.6 is 15.9 Å². The van der Waals surface area contributed by atoms with Gasteiger partial charge in [-0.05, 0) is 53.0 Å². The number of piperidine rings is 1. The molecule has 0 bridgehead atoms. The first-order valence-electron chi connectivity index (χ1n) is 6.22. The highest BCUT2D eigenvalue weighted by Gasteiger charge is 2.15. The minimum Gasteiger partial charge on any atom is -0.310 e. The van der Waals surface area contributed by atoms with E-state index in [4.69, 9.17) is 0 Å². The number of aromatic nitrogens is 3. The van der Waals surface area contributed by atoms with E-state index in [9.17, 15) is 0 Å². The summed E-state index contributed by atoms with van der Waals surface area (Å²) in [5, 5.41) is 7.71. The summed E-state index contributed by atoms with van der Waals surface area (Å²) in [6, 6.07) is 6.93. The largest absolute Gasteiger partial charge is 0.310 e. The first-order chi connectivity index (χ1) is 8.84. The van der Waals surface area contributed by atoms with E-state index in [-0.39, 0.29) is 0 Å². The summed E-state index contributed by atoms with van der Waals surface area (Å²) in [5.41, 5.74) is 2.36. The molecule has 1 unspecified atom stereocenters. The molecule has 1 aliphatic rings. The number of halogens is 1. The van der Waals surface area contributed by atoms with Crippen LogP contribution in [0.1, 0.15) is 30.9 Å². The van der Waals surface area contributed by atoms with Gasteiger partial charge >= 0.3 is 0 Å². The van der Waals surface area contributed by atoms with Gasteiger partial charge in [-0.15, -0.1) is 0 Å². The van der Waals surface area contributed by atoms with Crippen LogP contribution in [0.2, 0.25) is 0 Å². The molecule has 4 nitrogen and oxygen atoms in total. The Bertz CT molecular complexity index is 518. The van der Waals surface area contributed by atoms with Gasteiger partial charge in [-0.2, -0.15) is 5.10 Å². The monoisotopic (exact) mass is 306 g/mol. The predicted molar refractivity (Wildman–Crippen MR) is 73.7 cm³/mol. The van der Waals surface area contributed by atoms with Gasteiger partial charge in [-0.25, -0.2) is 9.67 Å². The normalized spacial score (nSPS) is 19.9. The molecule has 94 valence electrons. The molecule has 1 aliphatic heterocycles. The number of hydrogen-bond donors (Lipinski definition) is 1. The fraction of sp³-hybridized carbons (Fsp3) is 0.385. The minimum absolute atomic E-state index is 0.486. The molecule has 0 spiro atoms. The van der Waals surface area contributed by atoms with Crippen molar-refractivity contribution in [3.8, 4) is 5.69 Å². The summed E-state index contributed by atoms with van der Waals surface area (Å²) in [4.78, 5) is 3.97. The Morgan fingerprint density at radius 2 is 2.28 bits per heavy atom. The molecule has 2 aromatic rings. The van der Waals surface area contributed by atoms with Gasteiger partial charge in [-0.3, -0.25) is 0 Å².